The van der Waals surface area contributed by atoms with Gasteiger partial charge in [-0.1, -0.05) is 6.92 Å². The lowest BCUT2D eigenvalue weighted by molar-refractivity contribution is -0.148. The number of hydrogen-bond acceptors (Lipinski definition) is 2. The van der Waals surface area contributed by atoms with Crippen LogP contribution in [-0.2, 0) is 4.79 Å². The summed E-state index contributed by atoms with van der Waals surface area (Å²) in [6.07, 6.45) is 3.57. The van der Waals surface area contributed by atoms with Crippen molar-refractivity contribution in [3.05, 3.63) is 0 Å². The molecule has 1 heterocycles. The summed E-state index contributed by atoms with van der Waals surface area (Å²) in [5, 5.41) is 9.41. The van der Waals surface area contributed by atoms with Gasteiger partial charge in [0.25, 0.3) is 0 Å². The van der Waals surface area contributed by atoms with Crippen LogP contribution in [-0.4, -0.2) is 52.6 Å². The van der Waals surface area contributed by atoms with Crippen molar-refractivity contribution in [1.29, 1.82) is 0 Å². The summed E-state index contributed by atoms with van der Waals surface area (Å²) in [7, 11) is 0. The number of carboxylic acids is 1. The minimum absolute atomic E-state index is 0.0171. The van der Waals surface area contributed by atoms with Gasteiger partial charge >= 0.3 is 12.0 Å². The van der Waals surface area contributed by atoms with Gasteiger partial charge in [0.15, 0.2) is 0 Å². The molecule has 5 nitrogen and oxygen atoms in total. The third kappa shape index (κ3) is 2.91. The van der Waals surface area contributed by atoms with Crippen molar-refractivity contribution in [3.63, 3.8) is 0 Å². The molecular formula is C15H26N2O3. The highest BCUT2D eigenvalue weighted by molar-refractivity contribution is 5.80. The van der Waals surface area contributed by atoms with E-state index in [1.54, 1.807) is 4.90 Å². The number of amides is 2. The summed E-state index contributed by atoms with van der Waals surface area (Å²) >= 11 is 0. The lowest BCUT2D eigenvalue weighted by Crippen LogP contribution is -2.47. The zero-order valence-corrected chi connectivity index (χ0v) is 12.8. The molecular weight excluding hydrogens is 256 g/mol. The van der Waals surface area contributed by atoms with Crippen molar-refractivity contribution in [3.8, 4) is 0 Å². The summed E-state index contributed by atoms with van der Waals surface area (Å²) in [6.45, 7) is 7.69. The van der Waals surface area contributed by atoms with Crippen molar-refractivity contribution < 1.29 is 14.7 Å². The fraction of sp³-hybridized carbons (Fsp3) is 0.867. The summed E-state index contributed by atoms with van der Waals surface area (Å²) in [5.74, 6) is -0.118. The second-order valence-electron chi connectivity index (χ2n) is 6.58. The van der Waals surface area contributed by atoms with Crippen LogP contribution < -0.4 is 0 Å². The molecule has 2 aliphatic rings. The third-order valence-electron chi connectivity index (χ3n) is 4.78. The molecule has 0 aromatic heterocycles. The van der Waals surface area contributed by atoms with Crippen LogP contribution in [0.1, 0.15) is 46.5 Å². The molecule has 1 saturated carbocycles. The summed E-state index contributed by atoms with van der Waals surface area (Å²) < 4.78 is 0. The molecule has 2 fully saturated rings. The molecule has 114 valence electrons. The van der Waals surface area contributed by atoms with Crippen molar-refractivity contribution in [2.24, 2.45) is 11.3 Å². The molecule has 1 saturated heterocycles. The monoisotopic (exact) mass is 282 g/mol. The predicted molar refractivity (Wildman–Crippen MR) is 76.5 cm³/mol. The average molecular weight is 282 g/mol. The van der Waals surface area contributed by atoms with Crippen LogP contribution in [0.15, 0.2) is 0 Å². The van der Waals surface area contributed by atoms with Crippen molar-refractivity contribution in [2.75, 3.05) is 19.6 Å². The van der Waals surface area contributed by atoms with Gasteiger partial charge in [-0.25, -0.2) is 4.79 Å². The van der Waals surface area contributed by atoms with Gasteiger partial charge in [-0.15, -0.1) is 0 Å². The van der Waals surface area contributed by atoms with Crippen LogP contribution in [0.2, 0.25) is 0 Å². The Morgan fingerprint density at radius 2 is 2.05 bits per heavy atom. The van der Waals surface area contributed by atoms with E-state index >= 15 is 0 Å². The molecule has 0 spiro atoms. The van der Waals surface area contributed by atoms with Crippen LogP contribution in [0.25, 0.3) is 0 Å². The standard InChI is InChI=1S/C15H26N2O3/c1-4-15(13(18)19)7-8-16(10-15)14(20)17(11(2)3)9-12-5-6-12/h11-12H,4-10H2,1-3H3,(H,18,19). The predicted octanol–water partition coefficient (Wildman–Crippen LogP) is 2.41. The van der Waals surface area contributed by atoms with E-state index in [2.05, 4.69) is 0 Å². The normalized spacial score (nSPS) is 26.1. The molecule has 2 amide bonds. The van der Waals surface area contributed by atoms with Gasteiger partial charge in [-0.3, -0.25) is 4.79 Å². The molecule has 2 rings (SSSR count). The number of hydrogen-bond donors (Lipinski definition) is 1. The Bertz CT molecular complexity index is 393. The molecule has 1 unspecified atom stereocenters. The zero-order chi connectivity index (χ0) is 14.9. The molecule has 1 aliphatic heterocycles. The Balaban J connectivity index is 2.03. The first kappa shape index (κ1) is 15.1. The fourth-order valence-corrected chi connectivity index (χ4v) is 2.92. The van der Waals surface area contributed by atoms with E-state index in [1.807, 2.05) is 25.7 Å². The molecule has 20 heavy (non-hydrogen) atoms. The Kier molecular flexibility index (Phi) is 4.25. The van der Waals surface area contributed by atoms with Crippen molar-refractivity contribution in [2.45, 2.75) is 52.5 Å². The van der Waals surface area contributed by atoms with Gasteiger partial charge in [0.2, 0.25) is 0 Å². The Hall–Kier alpha value is -1.26. The molecule has 0 radical (unpaired) electrons. The van der Waals surface area contributed by atoms with E-state index < -0.39 is 11.4 Å². The zero-order valence-electron chi connectivity index (χ0n) is 12.8. The Morgan fingerprint density at radius 3 is 2.45 bits per heavy atom. The number of carboxylic acid groups (broad SMARTS) is 1. The van der Waals surface area contributed by atoms with Crippen LogP contribution in [0, 0.1) is 11.3 Å². The smallest absolute Gasteiger partial charge is 0.320 e. The number of rotatable bonds is 5. The first-order valence-corrected chi connectivity index (χ1v) is 7.68. The van der Waals surface area contributed by atoms with Gasteiger partial charge in [0, 0.05) is 25.7 Å². The second-order valence-corrected chi connectivity index (χ2v) is 6.58. The van der Waals surface area contributed by atoms with Gasteiger partial charge in [0.1, 0.15) is 0 Å². The van der Waals surface area contributed by atoms with Crippen LogP contribution in [0.5, 0.6) is 0 Å². The summed E-state index contributed by atoms with van der Waals surface area (Å²) in [4.78, 5) is 27.7. The lowest BCUT2D eigenvalue weighted by atomic mass is 9.84. The van der Waals surface area contributed by atoms with Gasteiger partial charge in [0.05, 0.1) is 5.41 Å². The van der Waals surface area contributed by atoms with E-state index in [1.165, 1.54) is 12.8 Å². The van der Waals surface area contributed by atoms with E-state index in [0.29, 0.717) is 31.8 Å². The topological polar surface area (TPSA) is 60.9 Å². The minimum atomic E-state index is -0.770. The molecule has 0 aromatic carbocycles. The molecule has 5 heteroatoms. The van der Waals surface area contributed by atoms with Crippen LogP contribution in [0.4, 0.5) is 4.79 Å². The number of urea groups is 1. The molecule has 0 aromatic rings. The highest BCUT2D eigenvalue weighted by atomic mass is 16.4. The van der Waals surface area contributed by atoms with Crippen molar-refractivity contribution in [1.82, 2.24) is 9.80 Å². The highest BCUT2D eigenvalue weighted by Crippen LogP contribution is 2.36. The fourth-order valence-electron chi connectivity index (χ4n) is 2.92. The van der Waals surface area contributed by atoms with Crippen molar-refractivity contribution >= 4 is 12.0 Å². The SMILES string of the molecule is CCC1(C(=O)O)CCN(C(=O)N(CC2CC2)C(C)C)C1. The Labute approximate surface area is 120 Å². The minimum Gasteiger partial charge on any atom is -0.481 e. The number of nitrogens with zero attached hydrogens (tertiary/aromatic N) is 2. The van der Waals surface area contributed by atoms with E-state index in [4.69, 9.17) is 0 Å². The molecule has 1 aliphatic carbocycles. The Morgan fingerprint density at radius 1 is 1.40 bits per heavy atom. The number of carbonyl (C=O) groups is 2. The maximum Gasteiger partial charge on any atom is 0.320 e. The van der Waals surface area contributed by atoms with Gasteiger partial charge in [-0.2, -0.15) is 0 Å². The first-order chi connectivity index (χ1) is 9.39. The number of carbonyl (C=O) groups excluding carboxylic acids is 1. The largest absolute Gasteiger partial charge is 0.481 e. The lowest BCUT2D eigenvalue weighted by Gasteiger charge is -2.32. The van der Waals surface area contributed by atoms with Crippen LogP contribution in [0.3, 0.4) is 0 Å². The van der Waals surface area contributed by atoms with E-state index in [0.717, 1.165) is 6.54 Å². The quantitative estimate of drug-likeness (QED) is 0.842. The highest BCUT2D eigenvalue weighted by Gasteiger charge is 2.46. The third-order valence-corrected chi connectivity index (χ3v) is 4.78. The average Bonchev–Trinajstić information content (AvgIpc) is 3.10. The summed E-state index contributed by atoms with van der Waals surface area (Å²) in [5.41, 5.74) is -0.738. The van der Waals surface area contributed by atoms with E-state index in [-0.39, 0.29) is 12.1 Å². The van der Waals surface area contributed by atoms with Gasteiger partial charge in [-0.05, 0) is 45.4 Å². The number of aliphatic carboxylic acids is 1. The first-order valence-electron chi connectivity index (χ1n) is 7.68. The molecule has 1 N–H and O–H groups in total. The molecule has 0 bridgehead atoms. The number of likely N-dealkylation sites (tertiary alicyclic amines) is 1. The maximum atomic E-state index is 12.6. The molecule has 1 atom stereocenters. The van der Waals surface area contributed by atoms with Crippen LogP contribution >= 0.6 is 0 Å². The second kappa shape index (κ2) is 5.62. The maximum absolute atomic E-state index is 12.6. The van der Waals surface area contributed by atoms with Gasteiger partial charge < -0.3 is 14.9 Å². The van der Waals surface area contributed by atoms with E-state index in [9.17, 15) is 14.7 Å². The summed E-state index contributed by atoms with van der Waals surface area (Å²) in [6, 6.07) is 0.188.